The molecule has 0 saturated carbocycles. The summed E-state index contributed by atoms with van der Waals surface area (Å²) in [6, 6.07) is 4.08. The lowest BCUT2D eigenvalue weighted by Gasteiger charge is -2.32. The van der Waals surface area contributed by atoms with Crippen molar-refractivity contribution in [2.75, 3.05) is 13.1 Å². The largest absolute Gasteiger partial charge is 0.345 e. The zero-order valence-corrected chi connectivity index (χ0v) is 15.3. The maximum Gasteiger partial charge on any atom is 0.345 e. The molecule has 0 bridgehead atoms. The van der Waals surface area contributed by atoms with Crippen LogP contribution in [0.4, 0.5) is 0 Å². The van der Waals surface area contributed by atoms with E-state index < -0.39 is 0 Å². The fourth-order valence-corrected chi connectivity index (χ4v) is 4.02. The maximum atomic E-state index is 12.4. The molecule has 0 N–H and O–H groups in total. The molecule has 0 atom stereocenters. The molecule has 7 heteroatoms. The van der Waals surface area contributed by atoms with Gasteiger partial charge in [-0.2, -0.15) is 5.10 Å². The quantitative estimate of drug-likeness (QED) is 0.851. The van der Waals surface area contributed by atoms with Crippen LogP contribution in [0.2, 0.25) is 0 Å². The average molecular weight is 348 g/mol. The van der Waals surface area contributed by atoms with Gasteiger partial charge in [-0.05, 0) is 38.1 Å². The van der Waals surface area contributed by atoms with Crippen molar-refractivity contribution in [3.63, 3.8) is 0 Å². The van der Waals surface area contributed by atoms with E-state index in [1.807, 2.05) is 36.3 Å². The van der Waals surface area contributed by atoms with Gasteiger partial charge in [0.2, 0.25) is 5.91 Å². The monoisotopic (exact) mass is 348 g/mol. The summed E-state index contributed by atoms with van der Waals surface area (Å²) in [6.45, 7) is 5.48. The number of piperidine rings is 1. The smallest absolute Gasteiger partial charge is 0.342 e. The highest BCUT2D eigenvalue weighted by atomic mass is 32.1. The van der Waals surface area contributed by atoms with Crippen molar-refractivity contribution in [1.29, 1.82) is 0 Å². The minimum atomic E-state index is -0.0591. The van der Waals surface area contributed by atoms with Gasteiger partial charge in [0.15, 0.2) is 0 Å². The molecule has 130 valence electrons. The van der Waals surface area contributed by atoms with E-state index in [1.54, 1.807) is 23.0 Å². The van der Waals surface area contributed by atoms with E-state index in [9.17, 15) is 9.59 Å². The molecule has 0 radical (unpaired) electrons. The Balaban J connectivity index is 1.66. The van der Waals surface area contributed by atoms with Gasteiger partial charge >= 0.3 is 5.69 Å². The lowest BCUT2D eigenvalue weighted by molar-refractivity contribution is -0.131. The molecule has 24 heavy (non-hydrogen) atoms. The minimum absolute atomic E-state index is 0.0591. The summed E-state index contributed by atoms with van der Waals surface area (Å²) in [5.41, 5.74) is -0.0591. The highest BCUT2D eigenvalue weighted by molar-refractivity contribution is 7.10. The van der Waals surface area contributed by atoms with E-state index in [4.69, 9.17) is 0 Å². The first-order valence-corrected chi connectivity index (χ1v) is 9.31. The number of amides is 1. The Hall–Kier alpha value is -1.89. The predicted octanol–water partition coefficient (Wildman–Crippen LogP) is 2.17. The van der Waals surface area contributed by atoms with E-state index in [-0.39, 0.29) is 23.6 Å². The Bertz CT molecular complexity index is 752. The van der Waals surface area contributed by atoms with Crippen molar-refractivity contribution < 1.29 is 4.79 Å². The molecule has 2 aromatic heterocycles. The molecule has 0 aromatic carbocycles. The van der Waals surface area contributed by atoms with Crippen molar-refractivity contribution in [1.82, 2.24) is 19.2 Å². The fraction of sp³-hybridized carbons (Fsp3) is 0.588. The van der Waals surface area contributed by atoms with E-state index in [0.29, 0.717) is 6.42 Å². The van der Waals surface area contributed by atoms with Crippen LogP contribution >= 0.6 is 11.3 Å². The molecule has 0 aliphatic carbocycles. The average Bonchev–Trinajstić information content (AvgIpc) is 3.16. The van der Waals surface area contributed by atoms with Gasteiger partial charge in [0.25, 0.3) is 0 Å². The molecule has 3 rings (SSSR count). The number of aromatic nitrogens is 3. The molecule has 0 unspecified atom stereocenters. The van der Waals surface area contributed by atoms with Crippen LogP contribution < -0.4 is 5.69 Å². The summed E-state index contributed by atoms with van der Waals surface area (Å²) in [7, 11) is 1.70. The zero-order chi connectivity index (χ0) is 17.3. The van der Waals surface area contributed by atoms with E-state index in [2.05, 4.69) is 5.10 Å². The third-order valence-electron chi connectivity index (χ3n) is 4.62. The van der Waals surface area contributed by atoms with E-state index in [1.165, 1.54) is 4.68 Å². The van der Waals surface area contributed by atoms with Crippen LogP contribution in [0, 0.1) is 0 Å². The fourth-order valence-electron chi connectivity index (χ4n) is 3.32. The second-order valence-corrected chi connectivity index (χ2v) is 7.67. The predicted molar refractivity (Wildman–Crippen MR) is 94.4 cm³/mol. The van der Waals surface area contributed by atoms with Gasteiger partial charge in [-0.25, -0.2) is 9.48 Å². The van der Waals surface area contributed by atoms with Crippen LogP contribution in [0.15, 0.2) is 22.3 Å². The molecule has 0 spiro atoms. The van der Waals surface area contributed by atoms with Gasteiger partial charge in [0.1, 0.15) is 5.82 Å². The molecule has 1 aliphatic rings. The topological polar surface area (TPSA) is 60.1 Å². The summed E-state index contributed by atoms with van der Waals surface area (Å²) in [6.07, 6.45) is 2.21. The molecule has 3 heterocycles. The summed E-state index contributed by atoms with van der Waals surface area (Å²) in [5.74, 6) is 1.30. The number of hydrogen-bond acceptors (Lipinski definition) is 4. The first kappa shape index (κ1) is 17.0. The molecule has 1 saturated heterocycles. The van der Waals surface area contributed by atoms with Gasteiger partial charge in [0, 0.05) is 37.0 Å². The normalized spacial score (nSPS) is 16.1. The van der Waals surface area contributed by atoms with Crippen LogP contribution in [-0.2, 0) is 18.3 Å². The molecule has 2 aromatic rings. The van der Waals surface area contributed by atoms with Gasteiger partial charge in [-0.3, -0.25) is 9.36 Å². The second-order valence-electron chi connectivity index (χ2n) is 6.64. The second kappa shape index (κ2) is 6.93. The molecule has 1 amide bonds. The first-order valence-electron chi connectivity index (χ1n) is 8.43. The Morgan fingerprint density at radius 3 is 2.67 bits per heavy atom. The van der Waals surface area contributed by atoms with Crippen molar-refractivity contribution in [2.24, 2.45) is 7.05 Å². The lowest BCUT2D eigenvalue weighted by Crippen LogP contribution is -2.39. The van der Waals surface area contributed by atoms with Crippen LogP contribution in [0.1, 0.15) is 49.4 Å². The standard InChI is InChI=1S/C17H24N4O2S/c1-12(2)21-16(18-19(3)17(21)23)13-6-8-20(9-7-13)15(22)11-14-5-4-10-24-14/h4-5,10,12-13H,6-9,11H2,1-3H3. The van der Waals surface area contributed by atoms with Crippen molar-refractivity contribution >= 4 is 17.2 Å². The van der Waals surface area contributed by atoms with Gasteiger partial charge < -0.3 is 4.90 Å². The Morgan fingerprint density at radius 1 is 1.38 bits per heavy atom. The third kappa shape index (κ3) is 3.31. The van der Waals surface area contributed by atoms with Crippen molar-refractivity contribution in [2.45, 2.75) is 45.1 Å². The van der Waals surface area contributed by atoms with E-state index >= 15 is 0 Å². The van der Waals surface area contributed by atoms with Crippen LogP contribution in [-0.4, -0.2) is 38.2 Å². The summed E-state index contributed by atoms with van der Waals surface area (Å²) < 4.78 is 3.21. The van der Waals surface area contributed by atoms with Crippen molar-refractivity contribution in [3.8, 4) is 0 Å². The van der Waals surface area contributed by atoms with Crippen LogP contribution in [0.5, 0.6) is 0 Å². The maximum absolute atomic E-state index is 12.4. The number of likely N-dealkylation sites (tertiary alicyclic amines) is 1. The number of rotatable bonds is 4. The van der Waals surface area contributed by atoms with Gasteiger partial charge in [-0.15, -0.1) is 11.3 Å². The number of carbonyl (C=O) groups excluding carboxylic acids is 1. The highest BCUT2D eigenvalue weighted by Gasteiger charge is 2.28. The Labute approximate surface area is 145 Å². The molecule has 1 fully saturated rings. The number of carbonyl (C=O) groups is 1. The number of aryl methyl sites for hydroxylation is 1. The molecule has 1 aliphatic heterocycles. The minimum Gasteiger partial charge on any atom is -0.342 e. The van der Waals surface area contributed by atoms with Gasteiger partial charge in [-0.1, -0.05) is 6.07 Å². The summed E-state index contributed by atoms with van der Waals surface area (Å²) in [4.78, 5) is 27.7. The van der Waals surface area contributed by atoms with Crippen LogP contribution in [0.25, 0.3) is 0 Å². The molecular weight excluding hydrogens is 324 g/mol. The zero-order valence-electron chi connectivity index (χ0n) is 14.4. The summed E-state index contributed by atoms with van der Waals surface area (Å²) >= 11 is 1.62. The number of nitrogens with zero attached hydrogens (tertiary/aromatic N) is 4. The molecular formula is C17H24N4O2S. The number of hydrogen-bond donors (Lipinski definition) is 0. The van der Waals surface area contributed by atoms with E-state index in [0.717, 1.165) is 36.6 Å². The third-order valence-corrected chi connectivity index (χ3v) is 5.49. The van der Waals surface area contributed by atoms with Crippen LogP contribution in [0.3, 0.4) is 0 Å². The SMILES string of the molecule is CC(C)n1c(C2CCN(C(=O)Cc3cccs3)CC2)nn(C)c1=O. The van der Waals surface area contributed by atoms with Gasteiger partial charge in [0.05, 0.1) is 6.42 Å². The Kier molecular flexibility index (Phi) is 4.89. The van der Waals surface area contributed by atoms with Crippen molar-refractivity contribution in [3.05, 3.63) is 38.7 Å². The Morgan fingerprint density at radius 2 is 2.08 bits per heavy atom. The summed E-state index contributed by atoms with van der Waals surface area (Å²) in [5, 5.41) is 6.45. The first-order chi connectivity index (χ1) is 11.5. The lowest BCUT2D eigenvalue weighted by atomic mass is 9.95. The number of thiophene rings is 1. The molecule has 6 nitrogen and oxygen atoms in total. The highest BCUT2D eigenvalue weighted by Crippen LogP contribution is 2.28.